The molecule has 3 rings (SSSR count). The van der Waals surface area contributed by atoms with Gasteiger partial charge in [-0.25, -0.2) is 4.79 Å². The number of anilines is 1. The second-order valence-electron chi connectivity index (χ2n) is 7.28. The monoisotopic (exact) mass is 457 g/mol. The van der Waals surface area contributed by atoms with Crippen LogP contribution < -0.4 is 14.8 Å². The van der Waals surface area contributed by atoms with Crippen LogP contribution >= 0.6 is 11.6 Å². The Morgan fingerprint density at radius 2 is 1.84 bits per heavy atom. The van der Waals surface area contributed by atoms with E-state index in [0.717, 1.165) is 5.56 Å². The molecule has 1 N–H and O–H groups in total. The van der Waals surface area contributed by atoms with Gasteiger partial charge in [-0.15, -0.1) is 0 Å². The molecule has 0 aliphatic carbocycles. The van der Waals surface area contributed by atoms with Crippen molar-refractivity contribution in [3.63, 3.8) is 0 Å². The zero-order chi connectivity index (χ0) is 22.9. The van der Waals surface area contributed by atoms with Crippen LogP contribution in [-0.2, 0) is 4.79 Å². The van der Waals surface area contributed by atoms with E-state index in [1.54, 1.807) is 53.3 Å². The zero-order valence-electron chi connectivity index (χ0n) is 18.3. The Morgan fingerprint density at radius 1 is 1.06 bits per heavy atom. The molecule has 0 spiro atoms. The van der Waals surface area contributed by atoms with Crippen LogP contribution in [0.25, 0.3) is 6.08 Å². The predicted octanol–water partition coefficient (Wildman–Crippen LogP) is 4.53. The number of rotatable bonds is 6. The van der Waals surface area contributed by atoms with Gasteiger partial charge in [0.25, 0.3) is 0 Å². The van der Waals surface area contributed by atoms with Crippen LogP contribution in [0.15, 0.2) is 48.5 Å². The summed E-state index contributed by atoms with van der Waals surface area (Å²) in [7, 11) is 1.59. The molecule has 8 heteroatoms. The molecule has 1 heterocycles. The first-order valence-corrected chi connectivity index (χ1v) is 11.0. The number of nitrogens with zero attached hydrogens (tertiary/aromatic N) is 2. The van der Waals surface area contributed by atoms with E-state index in [-0.39, 0.29) is 11.9 Å². The Bertz CT molecular complexity index is 979. The van der Waals surface area contributed by atoms with Crippen molar-refractivity contribution < 1.29 is 19.1 Å². The van der Waals surface area contributed by atoms with Gasteiger partial charge in [0.05, 0.1) is 13.7 Å². The standard InChI is InChI=1S/C24H28ClN3O4/c1-3-32-22-16-18(8-10-21(22)31-2)9-11-23(29)27-12-5-13-28(15-14-27)24(30)26-20-7-4-6-19(25)17-20/h4,6-11,16-17H,3,5,12-15H2,1-2H3,(H,26,30)/b11-9+. The second-order valence-corrected chi connectivity index (χ2v) is 7.72. The first kappa shape index (κ1) is 23.5. The fourth-order valence-electron chi connectivity index (χ4n) is 3.45. The van der Waals surface area contributed by atoms with Gasteiger partial charge in [-0.3, -0.25) is 4.79 Å². The van der Waals surface area contributed by atoms with Gasteiger partial charge in [-0.1, -0.05) is 23.7 Å². The summed E-state index contributed by atoms with van der Waals surface area (Å²) in [6, 6.07) is 12.4. The summed E-state index contributed by atoms with van der Waals surface area (Å²) in [4.78, 5) is 28.8. The molecule has 1 aliphatic rings. The quantitative estimate of drug-likeness (QED) is 0.647. The number of carbonyl (C=O) groups is 2. The molecular formula is C24H28ClN3O4. The van der Waals surface area contributed by atoms with E-state index in [2.05, 4.69) is 5.32 Å². The summed E-state index contributed by atoms with van der Waals surface area (Å²) in [6.45, 7) is 4.54. The fraction of sp³-hybridized carbons (Fsp3) is 0.333. The van der Waals surface area contributed by atoms with E-state index in [0.29, 0.717) is 61.4 Å². The molecule has 0 unspecified atom stereocenters. The van der Waals surface area contributed by atoms with Gasteiger partial charge in [0, 0.05) is 43.0 Å². The van der Waals surface area contributed by atoms with Crippen molar-refractivity contribution in [2.24, 2.45) is 0 Å². The maximum Gasteiger partial charge on any atom is 0.321 e. The first-order valence-electron chi connectivity index (χ1n) is 10.6. The van der Waals surface area contributed by atoms with Crippen LogP contribution in [-0.4, -0.2) is 61.6 Å². The molecular weight excluding hydrogens is 430 g/mol. The number of methoxy groups -OCH3 is 1. The number of hydrogen-bond donors (Lipinski definition) is 1. The van der Waals surface area contributed by atoms with Crippen LogP contribution in [0.2, 0.25) is 5.02 Å². The fourth-order valence-corrected chi connectivity index (χ4v) is 3.64. The highest BCUT2D eigenvalue weighted by atomic mass is 35.5. The minimum Gasteiger partial charge on any atom is -0.493 e. The van der Waals surface area contributed by atoms with E-state index < -0.39 is 0 Å². The highest BCUT2D eigenvalue weighted by Gasteiger charge is 2.21. The Balaban J connectivity index is 1.57. The molecule has 0 saturated carbocycles. The SMILES string of the molecule is CCOc1cc(/C=C/C(=O)N2CCCN(C(=O)Nc3cccc(Cl)c3)CC2)ccc1OC. The van der Waals surface area contributed by atoms with E-state index in [1.807, 2.05) is 25.1 Å². The molecule has 0 bridgehead atoms. The molecule has 170 valence electrons. The third-order valence-corrected chi connectivity index (χ3v) is 5.31. The maximum absolute atomic E-state index is 12.7. The summed E-state index contributed by atoms with van der Waals surface area (Å²) in [5.41, 5.74) is 1.49. The van der Waals surface area contributed by atoms with Gasteiger partial charge in [0.2, 0.25) is 5.91 Å². The lowest BCUT2D eigenvalue weighted by Crippen LogP contribution is -2.39. The summed E-state index contributed by atoms with van der Waals surface area (Å²) in [5.74, 6) is 1.20. The van der Waals surface area contributed by atoms with Gasteiger partial charge >= 0.3 is 6.03 Å². The minimum absolute atomic E-state index is 0.0872. The molecule has 1 fully saturated rings. The predicted molar refractivity (Wildman–Crippen MR) is 126 cm³/mol. The highest BCUT2D eigenvalue weighted by Crippen LogP contribution is 2.28. The molecule has 1 saturated heterocycles. The largest absolute Gasteiger partial charge is 0.493 e. The van der Waals surface area contributed by atoms with Gasteiger partial charge < -0.3 is 24.6 Å². The molecule has 7 nitrogen and oxygen atoms in total. The number of nitrogens with one attached hydrogen (secondary N) is 1. The van der Waals surface area contributed by atoms with Gasteiger partial charge in [0.15, 0.2) is 11.5 Å². The third kappa shape index (κ3) is 6.40. The van der Waals surface area contributed by atoms with E-state index in [4.69, 9.17) is 21.1 Å². The lowest BCUT2D eigenvalue weighted by atomic mass is 10.2. The van der Waals surface area contributed by atoms with Gasteiger partial charge in [0.1, 0.15) is 0 Å². The van der Waals surface area contributed by atoms with Crippen LogP contribution in [0.1, 0.15) is 18.9 Å². The van der Waals surface area contributed by atoms with Gasteiger partial charge in [-0.05, 0) is 55.3 Å². The number of hydrogen-bond acceptors (Lipinski definition) is 4. The van der Waals surface area contributed by atoms with Gasteiger partial charge in [-0.2, -0.15) is 0 Å². The Morgan fingerprint density at radius 3 is 2.59 bits per heavy atom. The lowest BCUT2D eigenvalue weighted by molar-refractivity contribution is -0.125. The van der Waals surface area contributed by atoms with Crippen molar-refractivity contribution in [1.29, 1.82) is 0 Å². The number of ether oxygens (including phenoxy) is 2. The maximum atomic E-state index is 12.7. The van der Waals surface area contributed by atoms with Crippen LogP contribution in [0.4, 0.5) is 10.5 Å². The van der Waals surface area contributed by atoms with Crippen LogP contribution in [0.3, 0.4) is 0 Å². The summed E-state index contributed by atoms with van der Waals surface area (Å²) in [6.07, 6.45) is 4.03. The summed E-state index contributed by atoms with van der Waals surface area (Å²) >= 11 is 5.98. The molecule has 2 aromatic carbocycles. The number of carbonyl (C=O) groups excluding carboxylic acids is 2. The van der Waals surface area contributed by atoms with Crippen molar-refractivity contribution in [2.75, 3.05) is 45.2 Å². The Kier molecular flexibility index (Phi) is 8.39. The molecule has 2 aromatic rings. The molecule has 1 aliphatic heterocycles. The molecule has 0 atom stereocenters. The Labute approximate surface area is 193 Å². The number of urea groups is 1. The first-order chi connectivity index (χ1) is 15.5. The molecule has 3 amide bonds. The normalized spacial score (nSPS) is 14.2. The molecule has 0 radical (unpaired) electrons. The number of halogens is 1. The Hall–Kier alpha value is -3.19. The minimum atomic E-state index is -0.196. The highest BCUT2D eigenvalue weighted by molar-refractivity contribution is 6.30. The number of benzene rings is 2. The average molecular weight is 458 g/mol. The average Bonchev–Trinajstić information content (AvgIpc) is 3.04. The zero-order valence-corrected chi connectivity index (χ0v) is 19.1. The van der Waals surface area contributed by atoms with Crippen LogP contribution in [0, 0.1) is 0 Å². The van der Waals surface area contributed by atoms with Crippen molar-refractivity contribution in [3.8, 4) is 11.5 Å². The lowest BCUT2D eigenvalue weighted by Gasteiger charge is -2.22. The smallest absolute Gasteiger partial charge is 0.321 e. The number of amides is 3. The van der Waals surface area contributed by atoms with Crippen molar-refractivity contribution >= 4 is 35.3 Å². The van der Waals surface area contributed by atoms with Crippen LogP contribution in [0.5, 0.6) is 11.5 Å². The van der Waals surface area contributed by atoms with E-state index >= 15 is 0 Å². The van der Waals surface area contributed by atoms with Crippen molar-refractivity contribution in [2.45, 2.75) is 13.3 Å². The van der Waals surface area contributed by atoms with E-state index in [9.17, 15) is 9.59 Å². The van der Waals surface area contributed by atoms with Crippen molar-refractivity contribution in [1.82, 2.24) is 9.80 Å². The summed E-state index contributed by atoms with van der Waals surface area (Å²) in [5, 5.41) is 3.42. The van der Waals surface area contributed by atoms with Crippen molar-refractivity contribution in [3.05, 3.63) is 59.1 Å². The summed E-state index contributed by atoms with van der Waals surface area (Å²) < 4.78 is 10.9. The topological polar surface area (TPSA) is 71.1 Å². The second kappa shape index (κ2) is 11.4. The molecule has 32 heavy (non-hydrogen) atoms. The van der Waals surface area contributed by atoms with E-state index in [1.165, 1.54) is 0 Å². The third-order valence-electron chi connectivity index (χ3n) is 5.08. The molecule has 0 aromatic heterocycles.